The molecular weight excluding hydrogens is 554 g/mol. The van der Waals surface area contributed by atoms with Crippen LogP contribution in [0, 0.1) is 6.92 Å². The topological polar surface area (TPSA) is 154 Å². The molecule has 236 valence electrons. The zero-order valence-corrected chi connectivity index (χ0v) is 26.3. The lowest BCUT2D eigenvalue weighted by Crippen LogP contribution is -2.54. The molecule has 2 aromatic rings. The number of esters is 1. The van der Waals surface area contributed by atoms with Gasteiger partial charge >= 0.3 is 12.1 Å². The molecular formula is C32H45N3O8. The second kappa shape index (κ2) is 14.9. The normalized spacial score (nSPS) is 13.7. The van der Waals surface area contributed by atoms with Crippen molar-refractivity contribution in [2.75, 3.05) is 13.2 Å². The molecule has 2 rings (SSSR count). The third-order valence-electron chi connectivity index (χ3n) is 6.11. The average molecular weight is 600 g/mol. The minimum Gasteiger partial charge on any atom is -0.508 e. The predicted molar refractivity (Wildman–Crippen MR) is 161 cm³/mol. The zero-order chi connectivity index (χ0) is 32.5. The summed E-state index contributed by atoms with van der Waals surface area (Å²) >= 11 is 0. The van der Waals surface area contributed by atoms with Gasteiger partial charge in [0.25, 0.3) is 0 Å². The van der Waals surface area contributed by atoms with E-state index >= 15 is 0 Å². The minimum atomic E-state index is -1.34. The van der Waals surface area contributed by atoms with Gasteiger partial charge in [-0.15, -0.1) is 0 Å². The number of carbonyl (C=O) groups excluding carboxylic acids is 4. The van der Waals surface area contributed by atoms with Gasteiger partial charge in [0.05, 0.1) is 6.61 Å². The highest BCUT2D eigenvalue weighted by Gasteiger charge is 2.37. The second-order valence-electron chi connectivity index (χ2n) is 12.4. The third kappa shape index (κ3) is 11.2. The van der Waals surface area contributed by atoms with Gasteiger partial charge in [-0.3, -0.25) is 9.59 Å². The van der Waals surface area contributed by atoms with E-state index in [1.807, 2.05) is 30.3 Å². The first kappa shape index (κ1) is 35.1. The van der Waals surface area contributed by atoms with Gasteiger partial charge in [0.1, 0.15) is 35.1 Å². The number of aromatic hydroxyl groups is 1. The molecule has 0 saturated carbocycles. The van der Waals surface area contributed by atoms with Crippen LogP contribution in [-0.4, -0.2) is 75.4 Å². The van der Waals surface area contributed by atoms with Crippen LogP contribution in [0.15, 0.2) is 48.5 Å². The molecule has 0 heterocycles. The Morgan fingerprint density at radius 3 is 2.05 bits per heavy atom. The number of carbonyl (C=O) groups is 4. The maximum atomic E-state index is 14.1. The van der Waals surface area contributed by atoms with E-state index in [9.17, 15) is 29.4 Å². The molecule has 0 spiro atoms. The molecule has 3 atom stereocenters. The number of phenols is 1. The van der Waals surface area contributed by atoms with Gasteiger partial charge in [0.2, 0.25) is 11.8 Å². The lowest BCUT2D eigenvalue weighted by atomic mass is 9.99. The van der Waals surface area contributed by atoms with Crippen LogP contribution in [0.2, 0.25) is 0 Å². The van der Waals surface area contributed by atoms with Gasteiger partial charge in [-0.05, 0) is 84.2 Å². The van der Waals surface area contributed by atoms with E-state index in [4.69, 9.17) is 9.47 Å². The Hall–Kier alpha value is -4.12. The summed E-state index contributed by atoms with van der Waals surface area (Å²) in [5, 5.41) is 25.3. The number of phenolic OH excluding ortho intramolecular Hbond substituents is 1. The first-order valence-electron chi connectivity index (χ1n) is 14.2. The van der Waals surface area contributed by atoms with Gasteiger partial charge in [-0.25, -0.2) is 9.59 Å². The molecule has 0 aliphatic heterocycles. The predicted octanol–water partition coefficient (Wildman–Crippen LogP) is 3.55. The summed E-state index contributed by atoms with van der Waals surface area (Å²) in [6.07, 6.45) is -0.709. The summed E-state index contributed by atoms with van der Waals surface area (Å²) in [5.74, 6) is -2.07. The molecule has 3 unspecified atom stereocenters. The monoisotopic (exact) mass is 599 g/mol. The molecule has 0 bridgehead atoms. The number of rotatable bonds is 11. The van der Waals surface area contributed by atoms with E-state index in [1.54, 1.807) is 54.5 Å². The van der Waals surface area contributed by atoms with Gasteiger partial charge in [0, 0.05) is 13.0 Å². The summed E-state index contributed by atoms with van der Waals surface area (Å²) < 4.78 is 10.9. The average Bonchev–Trinajstić information content (AvgIpc) is 2.88. The third-order valence-corrected chi connectivity index (χ3v) is 6.11. The largest absolute Gasteiger partial charge is 0.508 e. The fraction of sp³-hybridized carbons (Fsp3) is 0.500. The van der Waals surface area contributed by atoms with Crippen LogP contribution in [0.3, 0.4) is 0 Å². The van der Waals surface area contributed by atoms with Gasteiger partial charge < -0.3 is 35.2 Å². The Bertz CT molecular complexity index is 1270. The maximum absolute atomic E-state index is 14.1. The van der Waals surface area contributed by atoms with Crippen LogP contribution >= 0.6 is 0 Å². The molecule has 0 aromatic heterocycles. The van der Waals surface area contributed by atoms with E-state index in [2.05, 4.69) is 10.6 Å². The Balaban J connectivity index is 2.52. The lowest BCUT2D eigenvalue weighted by Gasteiger charge is -2.34. The minimum absolute atomic E-state index is 0.0152. The number of nitrogens with one attached hydrogen (secondary N) is 2. The van der Waals surface area contributed by atoms with E-state index in [-0.39, 0.29) is 18.7 Å². The van der Waals surface area contributed by atoms with E-state index < -0.39 is 59.8 Å². The second-order valence-corrected chi connectivity index (χ2v) is 12.4. The zero-order valence-electron chi connectivity index (χ0n) is 26.3. The van der Waals surface area contributed by atoms with E-state index in [0.29, 0.717) is 11.1 Å². The fourth-order valence-electron chi connectivity index (χ4n) is 4.26. The van der Waals surface area contributed by atoms with Crippen molar-refractivity contribution in [3.8, 4) is 5.75 Å². The van der Waals surface area contributed by atoms with Crippen molar-refractivity contribution in [3.63, 3.8) is 0 Å². The fourth-order valence-corrected chi connectivity index (χ4v) is 4.26. The van der Waals surface area contributed by atoms with Gasteiger partial charge in [-0.2, -0.15) is 0 Å². The first-order valence-corrected chi connectivity index (χ1v) is 14.2. The van der Waals surface area contributed by atoms with Crippen molar-refractivity contribution >= 4 is 23.9 Å². The number of ether oxygens (including phenoxy) is 2. The number of hydrogen-bond donors (Lipinski definition) is 4. The summed E-state index contributed by atoms with van der Waals surface area (Å²) in [6, 6.07) is 9.91. The van der Waals surface area contributed by atoms with Crippen LogP contribution < -0.4 is 10.6 Å². The number of benzene rings is 2. The lowest BCUT2D eigenvalue weighted by molar-refractivity contribution is -0.159. The molecule has 4 N–H and O–H groups in total. The summed E-state index contributed by atoms with van der Waals surface area (Å²) in [6.45, 7) is 12.5. The molecule has 43 heavy (non-hydrogen) atoms. The Kier molecular flexibility index (Phi) is 12.1. The number of amides is 3. The van der Waals surface area contributed by atoms with Gasteiger partial charge in [-0.1, -0.05) is 36.4 Å². The molecule has 0 aliphatic carbocycles. The van der Waals surface area contributed by atoms with Crippen molar-refractivity contribution in [2.24, 2.45) is 0 Å². The summed E-state index contributed by atoms with van der Waals surface area (Å²) in [7, 11) is 0. The first-order chi connectivity index (χ1) is 19.9. The smallest absolute Gasteiger partial charge is 0.408 e. The van der Waals surface area contributed by atoms with Crippen LogP contribution in [0.4, 0.5) is 4.79 Å². The maximum Gasteiger partial charge on any atom is 0.408 e. The number of alkyl carbamates (subject to hydrolysis) is 1. The number of aliphatic hydroxyl groups excluding tert-OH is 1. The van der Waals surface area contributed by atoms with Crippen molar-refractivity contribution in [1.82, 2.24) is 15.5 Å². The molecule has 2 aromatic carbocycles. The Labute approximate surface area is 253 Å². The molecule has 0 saturated heterocycles. The number of aryl methyl sites for hydroxylation is 1. The van der Waals surface area contributed by atoms with Gasteiger partial charge in [0.15, 0.2) is 0 Å². The molecule has 11 nitrogen and oxygen atoms in total. The van der Waals surface area contributed by atoms with Crippen molar-refractivity contribution < 1.29 is 38.9 Å². The van der Waals surface area contributed by atoms with Crippen molar-refractivity contribution in [3.05, 3.63) is 65.2 Å². The highest BCUT2D eigenvalue weighted by atomic mass is 16.6. The molecule has 0 aliphatic rings. The van der Waals surface area contributed by atoms with E-state index in [0.717, 1.165) is 10.5 Å². The quantitative estimate of drug-likeness (QED) is 0.286. The molecule has 11 heteroatoms. The summed E-state index contributed by atoms with van der Waals surface area (Å²) in [5.41, 5.74) is -0.0965. The highest BCUT2D eigenvalue weighted by Crippen LogP contribution is 2.27. The molecule has 3 amide bonds. The van der Waals surface area contributed by atoms with Crippen LogP contribution in [0.5, 0.6) is 5.75 Å². The highest BCUT2D eigenvalue weighted by molar-refractivity contribution is 5.94. The summed E-state index contributed by atoms with van der Waals surface area (Å²) in [4.78, 5) is 54.6. The molecule has 0 radical (unpaired) electrons. The Morgan fingerprint density at radius 1 is 0.907 bits per heavy atom. The van der Waals surface area contributed by atoms with Crippen LogP contribution in [0.1, 0.15) is 71.2 Å². The van der Waals surface area contributed by atoms with Crippen molar-refractivity contribution in [1.29, 1.82) is 0 Å². The van der Waals surface area contributed by atoms with E-state index in [1.165, 1.54) is 19.1 Å². The van der Waals surface area contributed by atoms with Crippen LogP contribution in [-0.2, 0) is 30.3 Å². The number of nitrogens with zero attached hydrogens (tertiary/aromatic N) is 1. The molecule has 0 fully saturated rings. The SMILES string of the molecule is Cc1cc(C(C(=O)NC(Cc2ccccc2)C(=O)OC(C)(C)C)N(CCO)C(=O)C(C)NC(=O)OC(C)(C)C)ccc1O. The van der Waals surface area contributed by atoms with Crippen LogP contribution in [0.25, 0.3) is 0 Å². The Morgan fingerprint density at radius 2 is 1.51 bits per heavy atom. The van der Waals surface area contributed by atoms with Crippen molar-refractivity contribution in [2.45, 2.75) is 91.1 Å². The number of hydrogen-bond acceptors (Lipinski definition) is 8. The number of aliphatic hydroxyl groups is 1. The standard InChI is InChI=1S/C32H45N3O8/c1-20-18-23(14-15-25(20)37)26(35(16-17-36)28(39)21(2)33-30(41)43-32(6,7)8)27(38)34-24(29(40)42-31(3,4)5)19-22-12-10-9-11-13-22/h9-15,18,21,24,26,36-37H,16-17,19H2,1-8H3,(H,33,41)(H,34,38).